The second-order valence-electron chi connectivity index (χ2n) is 21.8. The SMILES string of the molecule is Cc1cc(-c2ccc(-c3cc(F)ccc3-c3cc(-c4ccc(F)cc4-c4ccc(-c5cc(C)c(-c6ccc(F)cc6)cn5)cc4)cc(-c4ccc(F)cc4-c4ccc(-c5cc(C)c(-c6ccc(F)cc6)cn5)cc4)c3)cc2)ncc1-c1ccc(F)cc1. The van der Waals surface area contributed by atoms with E-state index in [0.717, 1.165) is 117 Å². The molecule has 13 rings (SSSR count). The van der Waals surface area contributed by atoms with Crippen LogP contribution in [0.3, 0.4) is 0 Å². The lowest BCUT2D eigenvalue weighted by Crippen LogP contribution is -1.94. The van der Waals surface area contributed by atoms with Gasteiger partial charge in [-0.2, -0.15) is 0 Å². The van der Waals surface area contributed by atoms with Gasteiger partial charge in [0.15, 0.2) is 0 Å². The molecule has 0 aliphatic carbocycles. The van der Waals surface area contributed by atoms with Crippen molar-refractivity contribution < 1.29 is 26.3 Å². The van der Waals surface area contributed by atoms with Gasteiger partial charge in [-0.05, 0) is 230 Å². The van der Waals surface area contributed by atoms with Crippen LogP contribution in [0.15, 0.2) is 255 Å². The van der Waals surface area contributed by atoms with Crippen molar-refractivity contribution in [2.75, 3.05) is 0 Å². The number of pyridine rings is 3. The van der Waals surface area contributed by atoms with Gasteiger partial charge in [0.2, 0.25) is 0 Å². The maximum absolute atomic E-state index is 15.8. The highest BCUT2D eigenvalue weighted by Gasteiger charge is 2.20. The molecule has 3 aromatic heterocycles. The van der Waals surface area contributed by atoms with E-state index in [1.165, 1.54) is 72.8 Å². The molecule has 10 aromatic carbocycles. The fourth-order valence-electron chi connectivity index (χ4n) is 11.5. The Morgan fingerprint density at radius 2 is 0.391 bits per heavy atom. The van der Waals surface area contributed by atoms with Gasteiger partial charge in [0.25, 0.3) is 0 Å². The van der Waals surface area contributed by atoms with Gasteiger partial charge in [-0.1, -0.05) is 127 Å². The molecule has 0 saturated heterocycles. The zero-order valence-corrected chi connectivity index (χ0v) is 47.4. The van der Waals surface area contributed by atoms with Crippen LogP contribution in [0, 0.1) is 55.7 Å². The Hall–Kier alpha value is -10.8. The predicted molar refractivity (Wildman–Crippen MR) is 339 cm³/mol. The minimum atomic E-state index is -0.431. The Kier molecular flexibility index (Phi) is 14.9. The second-order valence-corrected chi connectivity index (χ2v) is 21.8. The zero-order valence-electron chi connectivity index (χ0n) is 47.4. The van der Waals surface area contributed by atoms with Gasteiger partial charge in [0.1, 0.15) is 34.9 Å². The summed E-state index contributed by atoms with van der Waals surface area (Å²) in [7, 11) is 0. The van der Waals surface area contributed by atoms with E-state index in [0.29, 0.717) is 33.4 Å². The van der Waals surface area contributed by atoms with Crippen molar-refractivity contribution in [1.29, 1.82) is 0 Å². The molecule has 0 radical (unpaired) electrons. The van der Waals surface area contributed by atoms with Crippen molar-refractivity contribution >= 4 is 0 Å². The molecule has 13 aromatic rings. The molecule has 0 unspecified atom stereocenters. The lowest BCUT2D eigenvalue weighted by Gasteiger charge is -2.18. The van der Waals surface area contributed by atoms with Crippen LogP contribution < -0.4 is 0 Å². The van der Waals surface area contributed by atoms with Crippen molar-refractivity contribution in [2.45, 2.75) is 20.8 Å². The topological polar surface area (TPSA) is 38.7 Å². The third-order valence-corrected chi connectivity index (χ3v) is 16.1. The first kappa shape index (κ1) is 55.4. The van der Waals surface area contributed by atoms with Crippen LogP contribution in [0.4, 0.5) is 26.3 Å². The minimum absolute atomic E-state index is 0.312. The number of benzene rings is 10. The van der Waals surface area contributed by atoms with Crippen LogP contribution in [-0.2, 0) is 0 Å². The van der Waals surface area contributed by atoms with E-state index in [4.69, 9.17) is 15.0 Å². The maximum Gasteiger partial charge on any atom is 0.123 e. The average Bonchev–Trinajstić information content (AvgIpc) is 1.28. The average molecular weight is 1140 g/mol. The van der Waals surface area contributed by atoms with E-state index >= 15 is 13.2 Å². The summed E-state index contributed by atoms with van der Waals surface area (Å²) < 4.78 is 88.6. The second kappa shape index (κ2) is 23.4. The smallest absolute Gasteiger partial charge is 0.123 e. The Morgan fingerprint density at radius 1 is 0.184 bits per heavy atom. The van der Waals surface area contributed by atoms with Crippen LogP contribution in [0.2, 0.25) is 0 Å². The highest BCUT2D eigenvalue weighted by Crippen LogP contribution is 2.44. The maximum atomic E-state index is 15.8. The van der Waals surface area contributed by atoms with E-state index in [1.807, 2.05) is 130 Å². The Labute approximate surface area is 500 Å². The standard InChI is InChI=1S/C78H51F6N3/c1-46-34-76(85-43-73(46)52-16-22-61(79)23-17-52)55-10-4-49(5-11-55)70-40-64(82)28-31-67(70)58-37-59(68-32-29-65(83)41-71(68)50-6-12-56(13-7-50)77-35-47(2)74(44-86-77)53-18-24-62(80)25-19-53)39-60(38-58)69-33-30-66(84)42-72(69)51-8-14-57(15-9-51)78-36-48(3)75(45-87-78)54-20-26-63(81)27-21-54/h4-45H,1-3H3. The van der Waals surface area contributed by atoms with E-state index in [-0.39, 0.29) is 17.5 Å². The summed E-state index contributed by atoms with van der Waals surface area (Å²) in [5.41, 5.74) is 21.3. The van der Waals surface area contributed by atoms with E-state index in [9.17, 15) is 13.2 Å². The first-order chi connectivity index (χ1) is 42.2. The van der Waals surface area contributed by atoms with Gasteiger partial charge in [-0.15, -0.1) is 0 Å². The number of halogens is 6. The van der Waals surface area contributed by atoms with Crippen molar-refractivity contribution in [3.05, 3.63) is 307 Å². The van der Waals surface area contributed by atoms with Crippen LogP contribution >= 0.6 is 0 Å². The number of hydrogen-bond donors (Lipinski definition) is 0. The van der Waals surface area contributed by atoms with E-state index < -0.39 is 17.5 Å². The van der Waals surface area contributed by atoms with Crippen LogP contribution in [0.25, 0.3) is 134 Å². The minimum Gasteiger partial charge on any atom is -0.256 e. The molecule has 0 bridgehead atoms. The predicted octanol–water partition coefficient (Wildman–Crippen LogP) is 21.6. The molecular formula is C78H51F6N3. The first-order valence-electron chi connectivity index (χ1n) is 28.3. The molecule has 0 aliphatic rings. The fourth-order valence-corrected chi connectivity index (χ4v) is 11.5. The third-order valence-electron chi connectivity index (χ3n) is 16.1. The van der Waals surface area contributed by atoms with Crippen molar-refractivity contribution in [2.24, 2.45) is 0 Å². The summed E-state index contributed by atoms with van der Waals surface area (Å²) in [4.78, 5) is 14.3. The lowest BCUT2D eigenvalue weighted by atomic mass is 9.86. The molecule has 3 nitrogen and oxygen atoms in total. The molecule has 0 fully saturated rings. The van der Waals surface area contributed by atoms with E-state index in [1.54, 1.807) is 73.2 Å². The molecule has 420 valence electrons. The van der Waals surface area contributed by atoms with Crippen LogP contribution in [0.1, 0.15) is 16.7 Å². The lowest BCUT2D eigenvalue weighted by molar-refractivity contribution is 0.627. The Morgan fingerprint density at radius 3 is 0.632 bits per heavy atom. The summed E-state index contributed by atoms with van der Waals surface area (Å²) in [5, 5.41) is 0. The van der Waals surface area contributed by atoms with E-state index in [2.05, 4.69) is 0 Å². The zero-order chi connectivity index (χ0) is 59.9. The number of hydrogen-bond acceptors (Lipinski definition) is 3. The van der Waals surface area contributed by atoms with Crippen molar-refractivity contribution in [3.8, 4) is 134 Å². The highest BCUT2D eigenvalue weighted by atomic mass is 19.1. The monoisotopic (exact) mass is 1140 g/mol. The highest BCUT2D eigenvalue weighted by molar-refractivity contribution is 5.95. The van der Waals surface area contributed by atoms with Gasteiger partial charge in [-0.3, -0.25) is 15.0 Å². The molecule has 0 amide bonds. The Bertz CT molecular complexity index is 4240. The normalized spacial score (nSPS) is 11.3. The molecule has 0 spiro atoms. The summed E-state index contributed by atoms with van der Waals surface area (Å²) in [6.45, 7) is 5.97. The van der Waals surface area contributed by atoms with Crippen molar-refractivity contribution in [3.63, 3.8) is 0 Å². The molecule has 0 N–H and O–H groups in total. The van der Waals surface area contributed by atoms with Gasteiger partial charge >= 0.3 is 0 Å². The first-order valence-corrected chi connectivity index (χ1v) is 28.3. The molecule has 0 saturated carbocycles. The van der Waals surface area contributed by atoms with Gasteiger partial charge in [-0.25, -0.2) is 26.3 Å². The summed E-state index contributed by atoms with van der Waals surface area (Å²) in [5.74, 6) is -2.23. The van der Waals surface area contributed by atoms with Gasteiger partial charge in [0, 0.05) is 52.0 Å². The van der Waals surface area contributed by atoms with Crippen LogP contribution in [0.5, 0.6) is 0 Å². The largest absolute Gasteiger partial charge is 0.256 e. The molecule has 0 atom stereocenters. The van der Waals surface area contributed by atoms with Crippen molar-refractivity contribution in [1.82, 2.24) is 15.0 Å². The summed E-state index contributed by atoms with van der Waals surface area (Å²) in [6, 6.07) is 68.6. The summed E-state index contributed by atoms with van der Waals surface area (Å²) >= 11 is 0. The number of nitrogens with zero attached hydrogens (tertiary/aromatic N) is 3. The third kappa shape index (κ3) is 11.5. The molecule has 9 heteroatoms. The molecule has 0 aliphatic heterocycles. The van der Waals surface area contributed by atoms with Gasteiger partial charge in [0.05, 0.1) is 17.1 Å². The fraction of sp³-hybridized carbons (Fsp3) is 0.0385. The number of rotatable bonds is 12. The quantitative estimate of drug-likeness (QED) is 0.114. The number of aromatic nitrogens is 3. The number of aryl methyl sites for hydroxylation is 3. The van der Waals surface area contributed by atoms with Crippen LogP contribution in [-0.4, -0.2) is 15.0 Å². The van der Waals surface area contributed by atoms with Gasteiger partial charge < -0.3 is 0 Å². The summed E-state index contributed by atoms with van der Waals surface area (Å²) in [6.07, 6.45) is 5.37. The Balaban J connectivity index is 0.905. The molecule has 87 heavy (non-hydrogen) atoms. The molecular weight excluding hydrogens is 1090 g/mol. The molecule has 3 heterocycles.